The molecule has 0 aliphatic rings. The average molecular weight is 367 g/mol. The Hall–Kier alpha value is -2.63. The van der Waals surface area contributed by atoms with Crippen molar-refractivity contribution in [3.05, 3.63) is 96.1 Å². The highest BCUT2D eigenvalue weighted by Crippen LogP contribution is 2.22. The van der Waals surface area contributed by atoms with Crippen LogP contribution in [0.3, 0.4) is 0 Å². The number of nitrogens with one attached hydrogen (secondary N) is 1. The summed E-state index contributed by atoms with van der Waals surface area (Å²) in [6, 6.07) is 25.5. The monoisotopic (exact) mass is 367 g/mol. The van der Waals surface area contributed by atoms with Gasteiger partial charge >= 0.3 is 0 Å². The molecule has 26 heavy (non-hydrogen) atoms. The number of methoxy groups -OCH3 is 1. The average Bonchev–Trinajstić information content (AvgIpc) is 2.69. The van der Waals surface area contributed by atoms with Gasteiger partial charge in [0, 0.05) is 0 Å². The molecular weight excluding hydrogens is 346 g/mol. The molecule has 0 saturated heterocycles. The maximum absolute atomic E-state index is 12.9. The summed E-state index contributed by atoms with van der Waals surface area (Å²) >= 11 is 0. The minimum absolute atomic E-state index is 0.215. The summed E-state index contributed by atoms with van der Waals surface area (Å²) in [6.45, 7) is 0. The standard InChI is InChI=1S/C21H21NO3S/c1-25-19-12-14-20(15-13-19)26(23,24)22-21(18-10-6-3-7-11-18)16-17-8-4-2-5-9-17/h2-15,21-22H,16H2,1H3/t21-/m0/s1. The first-order valence-electron chi connectivity index (χ1n) is 8.34. The van der Waals surface area contributed by atoms with Gasteiger partial charge in [-0.05, 0) is 41.8 Å². The third-order valence-electron chi connectivity index (χ3n) is 4.15. The number of ether oxygens (including phenoxy) is 1. The zero-order chi connectivity index (χ0) is 18.4. The lowest BCUT2D eigenvalue weighted by atomic mass is 10.00. The van der Waals surface area contributed by atoms with Crippen molar-refractivity contribution in [2.75, 3.05) is 7.11 Å². The third-order valence-corrected chi connectivity index (χ3v) is 5.64. The summed E-state index contributed by atoms with van der Waals surface area (Å²) in [4.78, 5) is 0.215. The van der Waals surface area contributed by atoms with E-state index >= 15 is 0 Å². The number of rotatable bonds is 7. The van der Waals surface area contributed by atoms with Crippen LogP contribution < -0.4 is 9.46 Å². The fraction of sp³-hybridized carbons (Fsp3) is 0.143. The van der Waals surface area contributed by atoms with E-state index in [1.54, 1.807) is 31.4 Å². The Bertz CT molecular complexity index is 924. The smallest absolute Gasteiger partial charge is 0.241 e. The van der Waals surface area contributed by atoms with E-state index in [1.807, 2.05) is 60.7 Å². The molecule has 3 aromatic rings. The second kappa shape index (κ2) is 8.17. The fourth-order valence-electron chi connectivity index (χ4n) is 2.77. The summed E-state index contributed by atoms with van der Waals surface area (Å²) in [5, 5.41) is 0. The Morgan fingerprint density at radius 3 is 2.00 bits per heavy atom. The molecule has 0 saturated carbocycles. The molecule has 0 unspecified atom stereocenters. The first-order valence-corrected chi connectivity index (χ1v) is 9.82. The minimum Gasteiger partial charge on any atom is -0.497 e. The van der Waals surface area contributed by atoms with Crippen LogP contribution >= 0.6 is 0 Å². The summed E-state index contributed by atoms with van der Waals surface area (Å²) < 4.78 is 33.6. The Labute approximate surface area is 154 Å². The van der Waals surface area contributed by atoms with Gasteiger partial charge in [-0.25, -0.2) is 13.1 Å². The normalized spacial score (nSPS) is 12.5. The van der Waals surface area contributed by atoms with Gasteiger partial charge in [-0.3, -0.25) is 0 Å². The molecule has 0 heterocycles. The molecule has 134 valence electrons. The molecular formula is C21H21NO3S. The van der Waals surface area contributed by atoms with Crippen LogP contribution in [0.1, 0.15) is 17.2 Å². The van der Waals surface area contributed by atoms with Crippen LogP contribution in [0.2, 0.25) is 0 Å². The van der Waals surface area contributed by atoms with Crippen molar-refractivity contribution in [3.63, 3.8) is 0 Å². The summed E-state index contributed by atoms with van der Waals surface area (Å²) in [7, 11) is -2.11. The molecule has 5 heteroatoms. The summed E-state index contributed by atoms with van der Waals surface area (Å²) in [5.41, 5.74) is 1.99. The molecule has 0 bridgehead atoms. The molecule has 3 aromatic carbocycles. The molecule has 0 fully saturated rings. The molecule has 1 atom stereocenters. The maximum Gasteiger partial charge on any atom is 0.241 e. The largest absolute Gasteiger partial charge is 0.497 e. The molecule has 0 radical (unpaired) electrons. The van der Waals surface area contributed by atoms with Crippen molar-refractivity contribution in [1.29, 1.82) is 0 Å². The van der Waals surface area contributed by atoms with Crippen LogP contribution in [-0.4, -0.2) is 15.5 Å². The number of sulfonamides is 1. The SMILES string of the molecule is COc1ccc(S(=O)(=O)N[C@@H](Cc2ccccc2)c2ccccc2)cc1. The zero-order valence-electron chi connectivity index (χ0n) is 14.5. The van der Waals surface area contributed by atoms with Crippen molar-refractivity contribution >= 4 is 10.0 Å². The van der Waals surface area contributed by atoms with Crippen LogP contribution in [0.4, 0.5) is 0 Å². The molecule has 3 rings (SSSR count). The van der Waals surface area contributed by atoms with E-state index in [0.29, 0.717) is 12.2 Å². The van der Waals surface area contributed by atoms with Crippen LogP contribution in [0.25, 0.3) is 0 Å². The van der Waals surface area contributed by atoms with E-state index in [1.165, 1.54) is 0 Å². The lowest BCUT2D eigenvalue weighted by molar-refractivity contribution is 0.414. The molecule has 0 aromatic heterocycles. The first-order chi connectivity index (χ1) is 12.6. The topological polar surface area (TPSA) is 55.4 Å². The van der Waals surface area contributed by atoms with Gasteiger partial charge < -0.3 is 4.74 Å². The predicted molar refractivity (Wildman–Crippen MR) is 103 cm³/mol. The summed E-state index contributed by atoms with van der Waals surface area (Å²) in [6.07, 6.45) is 0.570. The quantitative estimate of drug-likeness (QED) is 0.688. The highest BCUT2D eigenvalue weighted by Gasteiger charge is 2.21. The van der Waals surface area contributed by atoms with E-state index < -0.39 is 10.0 Å². The van der Waals surface area contributed by atoms with Crippen molar-refractivity contribution in [2.45, 2.75) is 17.4 Å². The molecule has 0 spiro atoms. The molecule has 4 nitrogen and oxygen atoms in total. The highest BCUT2D eigenvalue weighted by molar-refractivity contribution is 7.89. The second-order valence-corrected chi connectivity index (χ2v) is 7.66. The van der Waals surface area contributed by atoms with Crippen molar-refractivity contribution in [1.82, 2.24) is 4.72 Å². The molecule has 1 N–H and O–H groups in total. The lowest BCUT2D eigenvalue weighted by Gasteiger charge is -2.19. The van der Waals surface area contributed by atoms with Crippen LogP contribution in [0.15, 0.2) is 89.8 Å². The number of hydrogen-bond donors (Lipinski definition) is 1. The van der Waals surface area contributed by atoms with E-state index in [2.05, 4.69) is 4.72 Å². The van der Waals surface area contributed by atoms with Crippen molar-refractivity contribution < 1.29 is 13.2 Å². The van der Waals surface area contributed by atoms with Gasteiger partial charge in [0.15, 0.2) is 0 Å². The third kappa shape index (κ3) is 4.50. The van der Waals surface area contributed by atoms with Crippen molar-refractivity contribution in [2.24, 2.45) is 0 Å². The minimum atomic E-state index is -3.66. The van der Waals surface area contributed by atoms with E-state index in [0.717, 1.165) is 11.1 Å². The summed E-state index contributed by atoms with van der Waals surface area (Å²) in [5.74, 6) is 0.618. The fourth-order valence-corrected chi connectivity index (χ4v) is 4.00. The van der Waals surface area contributed by atoms with Crippen LogP contribution in [0, 0.1) is 0 Å². The van der Waals surface area contributed by atoms with Gasteiger partial charge in [0.1, 0.15) is 5.75 Å². The van der Waals surface area contributed by atoms with Gasteiger partial charge in [-0.15, -0.1) is 0 Å². The van der Waals surface area contributed by atoms with Gasteiger partial charge in [-0.2, -0.15) is 0 Å². The Balaban J connectivity index is 1.88. The van der Waals surface area contributed by atoms with E-state index in [9.17, 15) is 8.42 Å². The molecule has 0 aliphatic heterocycles. The maximum atomic E-state index is 12.9. The van der Waals surface area contributed by atoms with Crippen molar-refractivity contribution in [3.8, 4) is 5.75 Å². The van der Waals surface area contributed by atoms with Crippen LogP contribution in [0.5, 0.6) is 5.75 Å². The first kappa shape index (κ1) is 18.2. The number of hydrogen-bond acceptors (Lipinski definition) is 3. The van der Waals surface area contributed by atoms with E-state index in [4.69, 9.17) is 4.74 Å². The van der Waals surface area contributed by atoms with Gasteiger partial charge in [0.2, 0.25) is 10.0 Å². The Morgan fingerprint density at radius 2 is 1.42 bits per heavy atom. The Kier molecular flexibility index (Phi) is 5.71. The van der Waals surface area contributed by atoms with E-state index in [-0.39, 0.29) is 10.9 Å². The Morgan fingerprint density at radius 1 is 0.846 bits per heavy atom. The molecule has 0 aliphatic carbocycles. The van der Waals surface area contributed by atoms with Crippen LogP contribution in [-0.2, 0) is 16.4 Å². The second-order valence-electron chi connectivity index (χ2n) is 5.95. The highest BCUT2D eigenvalue weighted by atomic mass is 32.2. The van der Waals surface area contributed by atoms with Gasteiger partial charge in [0.05, 0.1) is 18.0 Å². The zero-order valence-corrected chi connectivity index (χ0v) is 15.3. The molecule has 0 amide bonds. The van der Waals surface area contributed by atoms with Gasteiger partial charge in [0.25, 0.3) is 0 Å². The lowest BCUT2D eigenvalue weighted by Crippen LogP contribution is -2.30. The number of benzene rings is 3. The predicted octanol–water partition coefficient (Wildman–Crippen LogP) is 3.96. The van der Waals surface area contributed by atoms with Gasteiger partial charge in [-0.1, -0.05) is 60.7 Å².